The minimum Gasteiger partial charge on any atom is -0.349 e. The molecule has 1 aliphatic heterocycles. The summed E-state index contributed by atoms with van der Waals surface area (Å²) in [5, 5.41) is 4.73. The lowest BCUT2D eigenvalue weighted by atomic mass is 10.1. The van der Waals surface area contributed by atoms with Crippen molar-refractivity contribution in [1.82, 2.24) is 20.2 Å². The van der Waals surface area contributed by atoms with Gasteiger partial charge in [0.05, 0.1) is 10.3 Å². The van der Waals surface area contributed by atoms with Crippen molar-refractivity contribution in [2.75, 3.05) is 32.1 Å². The van der Waals surface area contributed by atoms with Gasteiger partial charge in [-0.05, 0) is 63.3 Å². The number of benzene rings is 1. The van der Waals surface area contributed by atoms with E-state index >= 15 is 0 Å². The molecule has 0 unspecified atom stereocenters. The normalized spacial score (nSPS) is 15.7. The van der Waals surface area contributed by atoms with Crippen LogP contribution in [0, 0.1) is 0 Å². The molecule has 0 atom stereocenters. The molecule has 28 heavy (non-hydrogen) atoms. The number of piperidine rings is 1. The first-order valence-corrected chi connectivity index (χ1v) is 10.4. The standard InChI is InChI=1S/C20H22ClN5OS/c1-25-9-7-14(8-10-25)24-19(27)17-11-16-18(22-12-23-20(16)28-17)26(2)15-5-3-13(21)4-6-15/h3-6,11-12,14H,7-10H2,1-2H3,(H,24,27). The van der Waals surface area contributed by atoms with E-state index in [1.165, 1.54) is 11.3 Å². The predicted octanol–water partition coefficient (Wildman–Crippen LogP) is 3.94. The third-order valence-corrected chi connectivity index (χ3v) is 6.41. The molecule has 0 bridgehead atoms. The maximum absolute atomic E-state index is 12.8. The van der Waals surface area contributed by atoms with Crippen molar-refractivity contribution in [1.29, 1.82) is 0 Å². The van der Waals surface area contributed by atoms with Crippen LogP contribution in [0.15, 0.2) is 36.7 Å². The number of anilines is 2. The second kappa shape index (κ2) is 8.03. The third-order valence-electron chi connectivity index (χ3n) is 5.12. The van der Waals surface area contributed by atoms with Crippen LogP contribution in [0.25, 0.3) is 10.2 Å². The first-order chi connectivity index (χ1) is 13.5. The molecule has 1 amide bonds. The molecule has 0 spiro atoms. The largest absolute Gasteiger partial charge is 0.349 e. The SMILES string of the molecule is CN1CCC(NC(=O)c2cc3c(N(C)c4ccc(Cl)cc4)ncnc3s2)CC1. The van der Waals surface area contributed by atoms with Gasteiger partial charge in [-0.2, -0.15) is 0 Å². The molecule has 1 aliphatic rings. The molecule has 3 heterocycles. The molecular formula is C20H22ClN5OS. The van der Waals surface area contributed by atoms with E-state index in [0.29, 0.717) is 9.90 Å². The van der Waals surface area contributed by atoms with Crippen molar-refractivity contribution in [3.8, 4) is 0 Å². The molecule has 146 valence electrons. The van der Waals surface area contributed by atoms with E-state index in [-0.39, 0.29) is 11.9 Å². The van der Waals surface area contributed by atoms with Crippen LogP contribution in [-0.2, 0) is 0 Å². The van der Waals surface area contributed by atoms with Gasteiger partial charge in [0.25, 0.3) is 5.91 Å². The number of rotatable bonds is 4. The molecule has 1 aromatic carbocycles. The summed E-state index contributed by atoms with van der Waals surface area (Å²) in [4.78, 5) is 27.3. The van der Waals surface area contributed by atoms with Crippen LogP contribution >= 0.6 is 22.9 Å². The highest BCUT2D eigenvalue weighted by molar-refractivity contribution is 7.20. The quantitative estimate of drug-likeness (QED) is 0.699. The Morgan fingerprint density at radius 3 is 2.68 bits per heavy atom. The van der Waals surface area contributed by atoms with Crippen molar-refractivity contribution in [3.05, 3.63) is 46.6 Å². The Morgan fingerprint density at radius 2 is 1.96 bits per heavy atom. The van der Waals surface area contributed by atoms with Crippen LogP contribution in [0.1, 0.15) is 22.5 Å². The Morgan fingerprint density at radius 1 is 1.25 bits per heavy atom. The monoisotopic (exact) mass is 415 g/mol. The Hall–Kier alpha value is -2.22. The van der Waals surface area contributed by atoms with Crippen molar-refractivity contribution in [2.24, 2.45) is 0 Å². The van der Waals surface area contributed by atoms with E-state index in [1.54, 1.807) is 6.33 Å². The van der Waals surface area contributed by atoms with E-state index in [0.717, 1.165) is 47.7 Å². The smallest absolute Gasteiger partial charge is 0.261 e. The van der Waals surface area contributed by atoms with Gasteiger partial charge < -0.3 is 15.1 Å². The lowest BCUT2D eigenvalue weighted by molar-refractivity contribution is 0.0921. The van der Waals surface area contributed by atoms with Gasteiger partial charge in [-0.15, -0.1) is 11.3 Å². The van der Waals surface area contributed by atoms with Crippen LogP contribution in [0.3, 0.4) is 0 Å². The number of fused-ring (bicyclic) bond motifs is 1. The summed E-state index contributed by atoms with van der Waals surface area (Å²) >= 11 is 7.40. The molecule has 3 aromatic rings. The average molecular weight is 416 g/mol. The van der Waals surface area contributed by atoms with E-state index in [2.05, 4.69) is 27.2 Å². The molecule has 1 saturated heterocycles. The van der Waals surface area contributed by atoms with Gasteiger partial charge in [-0.25, -0.2) is 9.97 Å². The van der Waals surface area contributed by atoms with Gasteiger partial charge >= 0.3 is 0 Å². The molecule has 1 N–H and O–H groups in total. The van der Waals surface area contributed by atoms with Gasteiger partial charge in [0.15, 0.2) is 0 Å². The van der Waals surface area contributed by atoms with Gasteiger partial charge in [0.2, 0.25) is 0 Å². The zero-order valence-electron chi connectivity index (χ0n) is 15.9. The zero-order chi connectivity index (χ0) is 19.7. The molecule has 4 rings (SSSR count). The summed E-state index contributed by atoms with van der Waals surface area (Å²) in [5.41, 5.74) is 0.966. The fourth-order valence-corrected chi connectivity index (χ4v) is 4.44. The van der Waals surface area contributed by atoms with E-state index < -0.39 is 0 Å². The van der Waals surface area contributed by atoms with Crippen LogP contribution in [0.2, 0.25) is 5.02 Å². The summed E-state index contributed by atoms with van der Waals surface area (Å²) in [6.07, 6.45) is 3.51. The van der Waals surface area contributed by atoms with Gasteiger partial charge in [-0.1, -0.05) is 11.6 Å². The second-order valence-electron chi connectivity index (χ2n) is 7.11. The number of halogens is 1. The Labute approximate surface area is 173 Å². The summed E-state index contributed by atoms with van der Waals surface area (Å²) in [7, 11) is 4.06. The molecule has 1 fully saturated rings. The number of thiophene rings is 1. The molecule has 2 aromatic heterocycles. The number of nitrogens with one attached hydrogen (secondary N) is 1. The summed E-state index contributed by atoms with van der Waals surface area (Å²) < 4.78 is 0. The van der Waals surface area contributed by atoms with Crippen molar-refractivity contribution >= 4 is 50.6 Å². The Kier molecular flexibility index (Phi) is 5.48. The van der Waals surface area contributed by atoms with Crippen molar-refractivity contribution < 1.29 is 4.79 Å². The van der Waals surface area contributed by atoms with E-state index in [1.807, 2.05) is 42.3 Å². The molecule has 0 aliphatic carbocycles. The highest BCUT2D eigenvalue weighted by atomic mass is 35.5. The van der Waals surface area contributed by atoms with Crippen LogP contribution < -0.4 is 10.2 Å². The van der Waals surface area contributed by atoms with E-state index in [4.69, 9.17) is 11.6 Å². The fraction of sp³-hybridized carbons (Fsp3) is 0.350. The van der Waals surface area contributed by atoms with Gasteiger partial charge in [-0.3, -0.25) is 4.79 Å². The lowest BCUT2D eigenvalue weighted by Gasteiger charge is -2.29. The van der Waals surface area contributed by atoms with Crippen molar-refractivity contribution in [3.63, 3.8) is 0 Å². The predicted molar refractivity (Wildman–Crippen MR) is 115 cm³/mol. The minimum absolute atomic E-state index is 0.0300. The van der Waals surface area contributed by atoms with Crippen LogP contribution in [0.5, 0.6) is 0 Å². The Balaban J connectivity index is 1.58. The van der Waals surface area contributed by atoms with Gasteiger partial charge in [0.1, 0.15) is 17.0 Å². The van der Waals surface area contributed by atoms with E-state index in [9.17, 15) is 4.79 Å². The highest BCUT2D eigenvalue weighted by Crippen LogP contribution is 2.33. The van der Waals surface area contributed by atoms with Crippen molar-refractivity contribution in [2.45, 2.75) is 18.9 Å². The summed E-state index contributed by atoms with van der Waals surface area (Å²) in [5.74, 6) is 0.736. The fourth-order valence-electron chi connectivity index (χ4n) is 3.42. The second-order valence-corrected chi connectivity index (χ2v) is 8.58. The zero-order valence-corrected chi connectivity index (χ0v) is 17.4. The van der Waals surface area contributed by atoms with Crippen LogP contribution in [-0.4, -0.2) is 54.0 Å². The number of likely N-dealkylation sites (tertiary alicyclic amines) is 1. The molecule has 8 heteroatoms. The average Bonchev–Trinajstić information content (AvgIpc) is 3.14. The number of amides is 1. The first-order valence-electron chi connectivity index (χ1n) is 9.24. The summed E-state index contributed by atoms with van der Waals surface area (Å²) in [6, 6.07) is 9.70. The molecule has 6 nitrogen and oxygen atoms in total. The van der Waals surface area contributed by atoms with Gasteiger partial charge in [0, 0.05) is 23.8 Å². The number of hydrogen-bond acceptors (Lipinski definition) is 6. The van der Waals surface area contributed by atoms with Crippen LogP contribution in [0.4, 0.5) is 11.5 Å². The topological polar surface area (TPSA) is 61.4 Å². The maximum atomic E-state index is 12.8. The highest BCUT2D eigenvalue weighted by Gasteiger charge is 2.21. The number of nitrogens with zero attached hydrogens (tertiary/aromatic N) is 4. The minimum atomic E-state index is -0.0300. The number of aromatic nitrogens is 2. The lowest BCUT2D eigenvalue weighted by Crippen LogP contribution is -2.43. The number of hydrogen-bond donors (Lipinski definition) is 1. The first kappa shape index (κ1) is 19.1. The number of carbonyl (C=O) groups is 1. The molecule has 0 radical (unpaired) electrons. The maximum Gasteiger partial charge on any atom is 0.261 e. The molecular weight excluding hydrogens is 394 g/mol. The Bertz CT molecular complexity index is 982. The third kappa shape index (κ3) is 3.97. The molecule has 0 saturated carbocycles. The summed E-state index contributed by atoms with van der Waals surface area (Å²) in [6.45, 7) is 2.03. The number of carbonyl (C=O) groups excluding carboxylic acids is 1.